The molecule has 2 aromatic heterocycles. The van der Waals surface area contributed by atoms with E-state index in [9.17, 15) is 9.50 Å². The maximum atomic E-state index is 14.5. The molecule has 1 unspecified atom stereocenters. The first kappa shape index (κ1) is 19.6. The van der Waals surface area contributed by atoms with Crippen molar-refractivity contribution >= 4 is 29.5 Å². The summed E-state index contributed by atoms with van der Waals surface area (Å²) >= 11 is 4.64. The van der Waals surface area contributed by atoms with Gasteiger partial charge in [-0.05, 0) is 37.1 Å². The highest BCUT2D eigenvalue weighted by Crippen LogP contribution is 2.40. The fourth-order valence-corrected chi connectivity index (χ4v) is 5.04. The fourth-order valence-electron chi connectivity index (χ4n) is 4.66. The molecule has 4 atom stereocenters. The first-order valence-electron chi connectivity index (χ1n) is 10.1. The van der Waals surface area contributed by atoms with Gasteiger partial charge >= 0.3 is 0 Å². The lowest BCUT2D eigenvalue weighted by Gasteiger charge is -2.25. The van der Waals surface area contributed by atoms with Gasteiger partial charge in [-0.2, -0.15) is 12.6 Å². The number of anilines is 1. The van der Waals surface area contributed by atoms with Crippen LogP contribution in [0.25, 0.3) is 11.0 Å². The maximum Gasteiger partial charge on any atom is 0.154 e. The second kappa shape index (κ2) is 7.40. The summed E-state index contributed by atoms with van der Waals surface area (Å²) in [6.07, 6.45) is 2.89. The molecule has 4 N–H and O–H groups in total. The number of fused-ring (bicyclic) bond motifs is 2. The highest BCUT2D eigenvalue weighted by Gasteiger charge is 2.44. The minimum atomic E-state index is -0.830. The number of thiol groups is 1. The molecule has 9 heteroatoms. The van der Waals surface area contributed by atoms with Gasteiger partial charge < -0.3 is 25.5 Å². The van der Waals surface area contributed by atoms with Gasteiger partial charge in [-0.15, -0.1) is 0 Å². The lowest BCUT2D eigenvalue weighted by atomic mass is 9.97. The Bertz CT molecular complexity index is 1120. The molecule has 30 heavy (non-hydrogen) atoms. The molecule has 1 aromatic carbocycles. The van der Waals surface area contributed by atoms with Crippen LogP contribution in [0, 0.1) is 12.7 Å². The molecule has 0 saturated heterocycles. The van der Waals surface area contributed by atoms with E-state index in [1.807, 2.05) is 6.07 Å². The molecule has 7 nitrogen and oxygen atoms in total. The van der Waals surface area contributed by atoms with Crippen LogP contribution < -0.4 is 15.8 Å². The topological polar surface area (TPSA) is 98.2 Å². The van der Waals surface area contributed by atoms with E-state index in [0.29, 0.717) is 12.1 Å². The Hall–Kier alpha value is -2.36. The highest BCUT2D eigenvalue weighted by molar-refractivity contribution is 7.81. The normalized spacial score (nSPS) is 26.1. The third kappa shape index (κ3) is 3.12. The molecular weight excluding hydrogens is 405 g/mol. The molecule has 0 amide bonds. The number of aryl methyl sites for hydroxylation is 1. The van der Waals surface area contributed by atoms with E-state index in [1.54, 1.807) is 4.57 Å². The minimum Gasteiger partial charge on any atom is -0.489 e. The Kier molecular flexibility index (Phi) is 4.83. The number of aromatic nitrogens is 3. The van der Waals surface area contributed by atoms with E-state index in [1.165, 1.54) is 18.1 Å². The van der Waals surface area contributed by atoms with E-state index in [4.69, 9.17) is 10.5 Å². The van der Waals surface area contributed by atoms with E-state index in [-0.39, 0.29) is 17.3 Å². The number of benzene rings is 1. The third-order valence-corrected chi connectivity index (χ3v) is 6.78. The predicted octanol–water partition coefficient (Wildman–Crippen LogP) is 2.16. The average molecular weight is 430 g/mol. The minimum absolute atomic E-state index is 0.0813. The molecule has 0 radical (unpaired) electrons. The van der Waals surface area contributed by atoms with Crippen molar-refractivity contribution in [3.05, 3.63) is 47.2 Å². The SMILES string of the molecule is Cc1cc2c(c(O[C@H]3CC(n4cc(F)c5c(N)ncnc54)[C@H](O)[C@@H]3S)c1)CNCC2. The third-order valence-electron chi connectivity index (χ3n) is 6.15. The van der Waals surface area contributed by atoms with E-state index >= 15 is 0 Å². The van der Waals surface area contributed by atoms with Gasteiger partial charge in [0.2, 0.25) is 0 Å². The number of nitrogen functional groups attached to an aromatic ring is 1. The Morgan fingerprint density at radius 3 is 3.03 bits per heavy atom. The van der Waals surface area contributed by atoms with Crippen molar-refractivity contribution in [1.29, 1.82) is 0 Å². The number of hydrogen-bond acceptors (Lipinski definition) is 7. The van der Waals surface area contributed by atoms with Crippen molar-refractivity contribution in [2.75, 3.05) is 12.3 Å². The number of nitrogens with two attached hydrogens (primary N) is 1. The Labute approximate surface area is 178 Å². The van der Waals surface area contributed by atoms with Crippen LogP contribution in [0.5, 0.6) is 5.75 Å². The van der Waals surface area contributed by atoms with Crippen LogP contribution >= 0.6 is 12.6 Å². The molecule has 1 aliphatic heterocycles. The number of aliphatic hydroxyl groups excluding tert-OH is 1. The predicted molar refractivity (Wildman–Crippen MR) is 115 cm³/mol. The van der Waals surface area contributed by atoms with Crippen molar-refractivity contribution in [1.82, 2.24) is 19.9 Å². The van der Waals surface area contributed by atoms with E-state index < -0.39 is 23.2 Å². The van der Waals surface area contributed by atoms with E-state index in [0.717, 1.165) is 36.4 Å². The number of nitrogens with zero attached hydrogens (tertiary/aromatic N) is 3. The zero-order valence-corrected chi connectivity index (χ0v) is 17.4. The van der Waals surface area contributed by atoms with Crippen LogP contribution in [-0.4, -0.2) is 43.6 Å². The summed E-state index contributed by atoms with van der Waals surface area (Å²) in [5.74, 6) is 0.399. The van der Waals surface area contributed by atoms with Crippen LogP contribution in [0.2, 0.25) is 0 Å². The van der Waals surface area contributed by atoms with Gasteiger partial charge in [-0.1, -0.05) is 6.07 Å². The Morgan fingerprint density at radius 1 is 1.37 bits per heavy atom. The van der Waals surface area contributed by atoms with Crippen molar-refractivity contribution in [2.24, 2.45) is 0 Å². The number of ether oxygens (including phenoxy) is 1. The molecule has 1 aliphatic carbocycles. The van der Waals surface area contributed by atoms with Crippen molar-refractivity contribution in [2.45, 2.75) is 49.8 Å². The Morgan fingerprint density at radius 2 is 2.20 bits per heavy atom. The zero-order chi connectivity index (χ0) is 21.0. The lowest BCUT2D eigenvalue weighted by molar-refractivity contribution is 0.134. The monoisotopic (exact) mass is 429 g/mol. The summed E-state index contributed by atoms with van der Waals surface area (Å²) in [5, 5.41) is 14.0. The number of aliphatic hydroxyl groups is 1. The molecule has 158 valence electrons. The molecule has 3 aromatic rings. The standard InChI is InChI=1S/C21H24FN5O2S/c1-10-4-11-2-3-24-7-12(11)15(5-10)29-16-6-14(18(28)19(16)30)27-8-13(22)17-20(23)25-9-26-21(17)27/h4-5,8-9,14,16,18-19,24,28,30H,2-3,6-7H2,1H3,(H2,23,25,26)/t14?,16-,18-,19+/m0/s1. The van der Waals surface area contributed by atoms with Crippen molar-refractivity contribution < 1.29 is 14.2 Å². The van der Waals surface area contributed by atoms with Crippen LogP contribution in [0.4, 0.5) is 10.2 Å². The van der Waals surface area contributed by atoms with Gasteiger partial charge in [0, 0.05) is 24.7 Å². The van der Waals surface area contributed by atoms with Crippen LogP contribution in [-0.2, 0) is 13.0 Å². The second-order valence-electron chi connectivity index (χ2n) is 8.11. The number of hydrogen-bond donors (Lipinski definition) is 4. The summed E-state index contributed by atoms with van der Waals surface area (Å²) < 4.78 is 22.5. The van der Waals surface area contributed by atoms with Gasteiger partial charge in [-0.3, -0.25) is 0 Å². The first-order valence-corrected chi connectivity index (χ1v) is 10.6. The van der Waals surface area contributed by atoms with Crippen LogP contribution in [0.3, 0.4) is 0 Å². The van der Waals surface area contributed by atoms with Gasteiger partial charge in [-0.25, -0.2) is 14.4 Å². The first-order chi connectivity index (χ1) is 14.4. The largest absolute Gasteiger partial charge is 0.489 e. The Balaban J connectivity index is 1.47. The second-order valence-corrected chi connectivity index (χ2v) is 8.71. The number of halogens is 1. The fraction of sp³-hybridized carbons (Fsp3) is 0.429. The number of rotatable bonds is 3. The lowest BCUT2D eigenvalue weighted by Crippen LogP contribution is -2.31. The molecule has 1 fully saturated rings. The summed E-state index contributed by atoms with van der Waals surface area (Å²) in [6, 6.07) is 3.80. The molecule has 3 heterocycles. The maximum absolute atomic E-state index is 14.5. The average Bonchev–Trinajstić information content (AvgIpc) is 3.20. The number of nitrogens with one attached hydrogen (secondary N) is 1. The quantitative estimate of drug-likeness (QED) is 0.477. The van der Waals surface area contributed by atoms with Crippen molar-refractivity contribution in [3.8, 4) is 5.75 Å². The summed E-state index contributed by atoms with van der Waals surface area (Å²) in [4.78, 5) is 8.06. The van der Waals surface area contributed by atoms with Crippen LogP contribution in [0.15, 0.2) is 24.7 Å². The van der Waals surface area contributed by atoms with Crippen LogP contribution in [0.1, 0.15) is 29.2 Å². The van der Waals surface area contributed by atoms with Gasteiger partial charge in [0.05, 0.1) is 22.8 Å². The smallest absolute Gasteiger partial charge is 0.154 e. The highest BCUT2D eigenvalue weighted by atomic mass is 32.1. The molecular formula is C21H24FN5O2S. The molecule has 0 bridgehead atoms. The van der Waals surface area contributed by atoms with Gasteiger partial charge in [0.1, 0.15) is 29.6 Å². The van der Waals surface area contributed by atoms with E-state index in [2.05, 4.69) is 40.9 Å². The van der Waals surface area contributed by atoms with Crippen molar-refractivity contribution in [3.63, 3.8) is 0 Å². The summed E-state index contributed by atoms with van der Waals surface area (Å²) in [6.45, 7) is 3.76. The summed E-state index contributed by atoms with van der Waals surface area (Å²) in [7, 11) is 0. The molecule has 1 saturated carbocycles. The summed E-state index contributed by atoms with van der Waals surface area (Å²) in [5.41, 5.74) is 9.78. The molecule has 0 spiro atoms. The van der Waals surface area contributed by atoms with Gasteiger partial charge in [0.15, 0.2) is 5.82 Å². The zero-order valence-electron chi connectivity index (χ0n) is 16.5. The molecule has 2 aliphatic rings. The molecule has 5 rings (SSSR count). The van der Waals surface area contributed by atoms with Gasteiger partial charge in [0.25, 0.3) is 0 Å².